The first-order chi connectivity index (χ1) is 14.7. The number of amides is 1. The van der Waals surface area contributed by atoms with E-state index in [2.05, 4.69) is 33.0 Å². The fourth-order valence-corrected chi connectivity index (χ4v) is 4.89. The zero-order valence-corrected chi connectivity index (χ0v) is 17.4. The van der Waals surface area contributed by atoms with Gasteiger partial charge in [-0.25, -0.2) is 4.98 Å². The molecule has 2 aliphatic rings. The summed E-state index contributed by atoms with van der Waals surface area (Å²) in [6.45, 7) is 3.93. The molecule has 2 aromatic carbocycles. The summed E-state index contributed by atoms with van der Waals surface area (Å²) in [5.41, 5.74) is 3.91. The van der Waals surface area contributed by atoms with Gasteiger partial charge in [0.2, 0.25) is 0 Å². The van der Waals surface area contributed by atoms with Crippen molar-refractivity contribution in [3.8, 4) is 11.4 Å². The van der Waals surface area contributed by atoms with Crippen molar-refractivity contribution in [3.63, 3.8) is 0 Å². The summed E-state index contributed by atoms with van der Waals surface area (Å²) in [5, 5.41) is 2.68. The van der Waals surface area contributed by atoms with Gasteiger partial charge in [-0.05, 0) is 43.5 Å². The summed E-state index contributed by atoms with van der Waals surface area (Å²) >= 11 is 0. The summed E-state index contributed by atoms with van der Waals surface area (Å²) in [4.78, 5) is 19.5. The van der Waals surface area contributed by atoms with Crippen LogP contribution in [0.3, 0.4) is 0 Å². The average Bonchev–Trinajstić information content (AvgIpc) is 3.44. The molecule has 2 saturated heterocycles. The summed E-state index contributed by atoms with van der Waals surface area (Å²) in [6.07, 6.45) is 3.39. The van der Waals surface area contributed by atoms with E-state index in [1.165, 1.54) is 5.52 Å². The molecule has 2 fully saturated rings. The molecule has 1 amide bonds. The van der Waals surface area contributed by atoms with Gasteiger partial charge < -0.3 is 14.6 Å². The molecule has 156 valence electrons. The van der Waals surface area contributed by atoms with Crippen LogP contribution >= 0.6 is 0 Å². The predicted molar refractivity (Wildman–Crippen MR) is 118 cm³/mol. The second kappa shape index (κ2) is 8.20. The lowest BCUT2D eigenvalue weighted by molar-refractivity contribution is 0.0413. The maximum atomic E-state index is 11.9. The van der Waals surface area contributed by atoms with Crippen LogP contribution in [0.25, 0.3) is 22.4 Å². The molecule has 6 nitrogen and oxygen atoms in total. The molecule has 0 bridgehead atoms. The standard InChI is InChI=1S/C24H28N4O2/c1-25-24(29)18-8-6-17(7-9-18)23-26-21-4-2-3-5-22(21)28(23)20-10-13-27(16-20)19-11-14-30-15-12-19/h2-9,19-20H,10-16H2,1H3,(H,25,29)/t20-/m0/s1. The molecule has 0 unspecified atom stereocenters. The van der Waals surface area contributed by atoms with E-state index >= 15 is 0 Å². The summed E-state index contributed by atoms with van der Waals surface area (Å²) in [5.74, 6) is 0.913. The van der Waals surface area contributed by atoms with E-state index in [1.807, 2.05) is 30.3 Å². The maximum absolute atomic E-state index is 11.9. The maximum Gasteiger partial charge on any atom is 0.251 e. The third kappa shape index (κ3) is 3.50. The number of likely N-dealkylation sites (tertiary alicyclic amines) is 1. The summed E-state index contributed by atoms with van der Waals surface area (Å²) in [6, 6.07) is 17.2. The minimum Gasteiger partial charge on any atom is -0.381 e. The van der Waals surface area contributed by atoms with Gasteiger partial charge in [0.25, 0.3) is 5.91 Å². The van der Waals surface area contributed by atoms with E-state index in [0.717, 1.165) is 62.5 Å². The Morgan fingerprint density at radius 3 is 2.57 bits per heavy atom. The Balaban J connectivity index is 1.49. The molecule has 6 heteroatoms. The minimum absolute atomic E-state index is 0.0713. The van der Waals surface area contributed by atoms with Gasteiger partial charge in [-0.15, -0.1) is 0 Å². The Kier molecular flexibility index (Phi) is 5.27. The zero-order valence-electron chi connectivity index (χ0n) is 17.4. The van der Waals surface area contributed by atoms with Crippen LogP contribution in [0.4, 0.5) is 0 Å². The van der Waals surface area contributed by atoms with Gasteiger partial charge in [0.05, 0.1) is 11.0 Å². The fourth-order valence-electron chi connectivity index (χ4n) is 4.89. The smallest absolute Gasteiger partial charge is 0.251 e. The SMILES string of the molecule is CNC(=O)c1ccc(-c2nc3ccccc3n2[C@H]2CCN(C3CCOCC3)C2)cc1. The Bertz CT molecular complexity index is 1040. The van der Waals surface area contributed by atoms with Gasteiger partial charge in [0.15, 0.2) is 0 Å². The number of hydrogen-bond donors (Lipinski definition) is 1. The predicted octanol–water partition coefficient (Wildman–Crippen LogP) is 3.49. The Labute approximate surface area is 176 Å². The quantitative estimate of drug-likeness (QED) is 0.723. The molecule has 30 heavy (non-hydrogen) atoms. The van der Waals surface area contributed by atoms with Gasteiger partial charge in [-0.1, -0.05) is 24.3 Å². The van der Waals surface area contributed by atoms with Gasteiger partial charge in [0, 0.05) is 56.6 Å². The number of rotatable bonds is 4. The van der Waals surface area contributed by atoms with Crippen molar-refractivity contribution >= 4 is 16.9 Å². The molecule has 3 aromatic rings. The van der Waals surface area contributed by atoms with Crippen molar-refractivity contribution in [2.24, 2.45) is 0 Å². The lowest BCUT2D eigenvalue weighted by atomic mass is 10.1. The Morgan fingerprint density at radius 1 is 1.03 bits per heavy atom. The van der Waals surface area contributed by atoms with Crippen LogP contribution in [0.2, 0.25) is 0 Å². The van der Waals surface area contributed by atoms with Crippen LogP contribution < -0.4 is 5.32 Å². The second-order valence-electron chi connectivity index (χ2n) is 8.23. The minimum atomic E-state index is -0.0713. The lowest BCUT2D eigenvalue weighted by Gasteiger charge is -2.31. The molecule has 1 N–H and O–H groups in total. The number of aromatic nitrogens is 2. The van der Waals surface area contributed by atoms with Crippen molar-refractivity contribution in [3.05, 3.63) is 54.1 Å². The number of para-hydroxylation sites is 2. The normalized spacial score (nSPS) is 20.6. The average molecular weight is 405 g/mol. The molecule has 2 aliphatic heterocycles. The first-order valence-electron chi connectivity index (χ1n) is 10.9. The van der Waals surface area contributed by atoms with Crippen LogP contribution in [0.15, 0.2) is 48.5 Å². The van der Waals surface area contributed by atoms with Crippen LogP contribution in [0, 0.1) is 0 Å². The highest BCUT2D eigenvalue weighted by Crippen LogP contribution is 2.34. The summed E-state index contributed by atoms with van der Waals surface area (Å²) in [7, 11) is 1.65. The van der Waals surface area contributed by atoms with Crippen LogP contribution in [-0.2, 0) is 4.74 Å². The first kappa shape index (κ1) is 19.3. The van der Waals surface area contributed by atoms with Gasteiger partial charge in [0.1, 0.15) is 5.82 Å². The Hall–Kier alpha value is -2.70. The number of nitrogens with one attached hydrogen (secondary N) is 1. The van der Waals surface area contributed by atoms with Gasteiger partial charge >= 0.3 is 0 Å². The molecule has 3 heterocycles. The number of imidazole rings is 1. The molecular weight excluding hydrogens is 376 g/mol. The summed E-state index contributed by atoms with van der Waals surface area (Å²) < 4.78 is 7.98. The molecule has 1 atom stereocenters. The Morgan fingerprint density at radius 2 is 1.80 bits per heavy atom. The molecule has 1 aromatic heterocycles. The van der Waals surface area contributed by atoms with E-state index in [1.54, 1.807) is 7.05 Å². The van der Waals surface area contributed by atoms with E-state index in [4.69, 9.17) is 9.72 Å². The number of hydrogen-bond acceptors (Lipinski definition) is 4. The second-order valence-corrected chi connectivity index (χ2v) is 8.23. The van der Waals surface area contributed by atoms with Crippen molar-refractivity contribution in [1.29, 1.82) is 0 Å². The third-order valence-corrected chi connectivity index (χ3v) is 6.50. The number of fused-ring (bicyclic) bond motifs is 1. The topological polar surface area (TPSA) is 59.4 Å². The molecule has 0 radical (unpaired) electrons. The van der Waals surface area contributed by atoms with Crippen LogP contribution in [0.1, 0.15) is 35.7 Å². The fraction of sp³-hybridized carbons (Fsp3) is 0.417. The van der Waals surface area contributed by atoms with Gasteiger partial charge in [-0.3, -0.25) is 9.69 Å². The van der Waals surface area contributed by atoms with Crippen molar-refractivity contribution in [2.75, 3.05) is 33.4 Å². The van der Waals surface area contributed by atoms with E-state index < -0.39 is 0 Å². The molecule has 0 saturated carbocycles. The van der Waals surface area contributed by atoms with E-state index in [-0.39, 0.29) is 5.91 Å². The lowest BCUT2D eigenvalue weighted by Crippen LogP contribution is -2.38. The highest BCUT2D eigenvalue weighted by molar-refractivity contribution is 5.94. The van der Waals surface area contributed by atoms with E-state index in [9.17, 15) is 4.79 Å². The zero-order chi connectivity index (χ0) is 20.5. The number of carbonyl (C=O) groups is 1. The molecule has 0 spiro atoms. The van der Waals surface area contributed by atoms with Crippen molar-refractivity contribution in [1.82, 2.24) is 19.8 Å². The van der Waals surface area contributed by atoms with Crippen LogP contribution in [0.5, 0.6) is 0 Å². The van der Waals surface area contributed by atoms with Crippen LogP contribution in [-0.4, -0.2) is 59.8 Å². The van der Waals surface area contributed by atoms with Crippen molar-refractivity contribution < 1.29 is 9.53 Å². The third-order valence-electron chi connectivity index (χ3n) is 6.50. The van der Waals surface area contributed by atoms with Crippen molar-refractivity contribution in [2.45, 2.75) is 31.3 Å². The highest BCUT2D eigenvalue weighted by atomic mass is 16.5. The monoisotopic (exact) mass is 404 g/mol. The number of carbonyl (C=O) groups excluding carboxylic acids is 1. The molecule has 5 rings (SSSR count). The molecule has 0 aliphatic carbocycles. The molecular formula is C24H28N4O2. The van der Waals surface area contributed by atoms with E-state index in [0.29, 0.717) is 17.6 Å². The largest absolute Gasteiger partial charge is 0.381 e. The van der Waals surface area contributed by atoms with Gasteiger partial charge in [-0.2, -0.15) is 0 Å². The number of nitrogens with zero attached hydrogens (tertiary/aromatic N) is 3. The highest BCUT2D eigenvalue weighted by Gasteiger charge is 2.32. The number of benzene rings is 2. The number of ether oxygens (including phenoxy) is 1. The first-order valence-corrected chi connectivity index (χ1v) is 10.9.